The minimum atomic E-state index is -0.965. The number of rotatable bonds is 6. The van der Waals surface area contributed by atoms with Gasteiger partial charge in [-0.25, -0.2) is 8.78 Å². The lowest BCUT2D eigenvalue weighted by Gasteiger charge is -2.28. The molecule has 3 aromatic rings. The Hall–Kier alpha value is -4.07. The summed E-state index contributed by atoms with van der Waals surface area (Å²) in [5.41, 5.74) is 3.76. The molecule has 0 aromatic heterocycles. The van der Waals surface area contributed by atoms with Crippen molar-refractivity contribution in [1.29, 1.82) is 0 Å². The third-order valence-corrected chi connectivity index (χ3v) is 5.62. The molecule has 0 bridgehead atoms. The van der Waals surface area contributed by atoms with Gasteiger partial charge in [-0.3, -0.25) is 14.4 Å². The van der Waals surface area contributed by atoms with Crippen LogP contribution in [0.15, 0.2) is 66.7 Å². The Morgan fingerprint density at radius 2 is 1.71 bits per heavy atom. The third-order valence-electron chi connectivity index (χ3n) is 5.62. The van der Waals surface area contributed by atoms with E-state index in [0.29, 0.717) is 18.2 Å². The van der Waals surface area contributed by atoms with E-state index in [9.17, 15) is 23.2 Å². The summed E-state index contributed by atoms with van der Waals surface area (Å²) in [6.07, 6.45) is -0.290. The molecule has 3 amide bonds. The Bertz CT molecular complexity index is 1230. The first-order valence-electron chi connectivity index (χ1n) is 10.8. The van der Waals surface area contributed by atoms with Gasteiger partial charge in [-0.15, -0.1) is 0 Å². The average molecular weight is 463 g/mol. The summed E-state index contributed by atoms with van der Waals surface area (Å²) < 4.78 is 26.7. The Morgan fingerprint density at radius 3 is 2.41 bits per heavy atom. The summed E-state index contributed by atoms with van der Waals surface area (Å²) in [6, 6.07) is 16.5. The van der Waals surface area contributed by atoms with E-state index in [4.69, 9.17) is 0 Å². The SMILES string of the molecule is C[C@H](NC(=O)Cc1cc(F)cc(F)c1)C(=O)NC1C(=O)NCc2cc(-c3ccccc3)ccc21. The quantitative estimate of drug-likeness (QED) is 0.525. The van der Waals surface area contributed by atoms with Gasteiger partial charge in [-0.2, -0.15) is 0 Å². The lowest BCUT2D eigenvalue weighted by molar-refractivity contribution is -0.132. The fourth-order valence-electron chi connectivity index (χ4n) is 3.94. The highest BCUT2D eigenvalue weighted by Crippen LogP contribution is 2.28. The van der Waals surface area contributed by atoms with Crippen molar-refractivity contribution in [3.8, 4) is 11.1 Å². The summed E-state index contributed by atoms with van der Waals surface area (Å²) in [6.45, 7) is 1.82. The molecule has 1 heterocycles. The molecule has 1 aliphatic heterocycles. The van der Waals surface area contributed by atoms with Gasteiger partial charge >= 0.3 is 0 Å². The minimum absolute atomic E-state index is 0.150. The monoisotopic (exact) mass is 463 g/mol. The van der Waals surface area contributed by atoms with Crippen molar-refractivity contribution in [2.45, 2.75) is 32.0 Å². The molecule has 0 spiro atoms. The van der Waals surface area contributed by atoms with Crippen molar-refractivity contribution < 1.29 is 23.2 Å². The molecule has 0 radical (unpaired) electrons. The molecular formula is C26H23F2N3O3. The van der Waals surface area contributed by atoms with Crippen LogP contribution < -0.4 is 16.0 Å². The fraction of sp³-hybridized carbons (Fsp3) is 0.192. The van der Waals surface area contributed by atoms with E-state index >= 15 is 0 Å². The number of benzene rings is 3. The van der Waals surface area contributed by atoms with E-state index in [1.165, 1.54) is 6.92 Å². The maximum Gasteiger partial charge on any atom is 0.247 e. The predicted molar refractivity (Wildman–Crippen MR) is 122 cm³/mol. The van der Waals surface area contributed by atoms with Crippen LogP contribution in [0.5, 0.6) is 0 Å². The van der Waals surface area contributed by atoms with Gasteiger partial charge in [0.15, 0.2) is 0 Å². The van der Waals surface area contributed by atoms with Gasteiger partial charge in [0.1, 0.15) is 23.7 Å². The first kappa shape index (κ1) is 23.1. The first-order chi connectivity index (χ1) is 16.3. The van der Waals surface area contributed by atoms with Crippen molar-refractivity contribution in [2.75, 3.05) is 0 Å². The van der Waals surface area contributed by atoms with Crippen LogP contribution in [0.25, 0.3) is 11.1 Å². The number of hydrogen-bond acceptors (Lipinski definition) is 3. The zero-order valence-electron chi connectivity index (χ0n) is 18.4. The van der Waals surface area contributed by atoms with Crippen LogP contribution in [0, 0.1) is 11.6 Å². The highest BCUT2D eigenvalue weighted by Gasteiger charge is 2.30. The van der Waals surface area contributed by atoms with Gasteiger partial charge in [0.2, 0.25) is 17.7 Å². The molecule has 6 nitrogen and oxygen atoms in total. The van der Waals surface area contributed by atoms with Crippen molar-refractivity contribution in [1.82, 2.24) is 16.0 Å². The van der Waals surface area contributed by atoms with E-state index in [0.717, 1.165) is 28.8 Å². The predicted octanol–water partition coefficient (Wildman–Crippen LogP) is 3.17. The largest absolute Gasteiger partial charge is 0.350 e. The summed E-state index contributed by atoms with van der Waals surface area (Å²) >= 11 is 0. The minimum Gasteiger partial charge on any atom is -0.350 e. The lowest BCUT2D eigenvalue weighted by atomic mass is 9.92. The van der Waals surface area contributed by atoms with E-state index in [2.05, 4.69) is 16.0 Å². The molecule has 0 saturated carbocycles. The molecule has 8 heteroatoms. The van der Waals surface area contributed by atoms with Crippen molar-refractivity contribution in [3.63, 3.8) is 0 Å². The molecule has 34 heavy (non-hydrogen) atoms. The summed E-state index contributed by atoms with van der Waals surface area (Å²) in [5, 5.41) is 7.97. The molecule has 0 saturated heterocycles. The van der Waals surface area contributed by atoms with Crippen LogP contribution >= 0.6 is 0 Å². The summed E-state index contributed by atoms with van der Waals surface area (Å²) in [5.74, 6) is -3.05. The van der Waals surface area contributed by atoms with Crippen LogP contribution in [-0.2, 0) is 27.3 Å². The van der Waals surface area contributed by atoms with Gasteiger partial charge in [0.25, 0.3) is 0 Å². The number of hydrogen-bond donors (Lipinski definition) is 3. The second-order valence-corrected chi connectivity index (χ2v) is 8.18. The number of nitrogens with one attached hydrogen (secondary N) is 3. The fourth-order valence-corrected chi connectivity index (χ4v) is 3.94. The smallest absolute Gasteiger partial charge is 0.247 e. The van der Waals surface area contributed by atoms with Crippen molar-refractivity contribution in [2.24, 2.45) is 0 Å². The molecule has 0 fully saturated rings. The van der Waals surface area contributed by atoms with Gasteiger partial charge in [0, 0.05) is 12.6 Å². The zero-order chi connectivity index (χ0) is 24.2. The van der Waals surface area contributed by atoms with Gasteiger partial charge in [-0.1, -0.05) is 42.5 Å². The van der Waals surface area contributed by atoms with Crippen molar-refractivity contribution >= 4 is 17.7 Å². The molecular weight excluding hydrogens is 440 g/mol. The lowest BCUT2D eigenvalue weighted by Crippen LogP contribution is -2.50. The van der Waals surface area contributed by atoms with Crippen LogP contribution in [0.2, 0.25) is 0 Å². The number of amides is 3. The molecule has 1 aliphatic rings. The highest BCUT2D eigenvalue weighted by atomic mass is 19.1. The molecule has 3 N–H and O–H groups in total. The van der Waals surface area contributed by atoms with Crippen molar-refractivity contribution in [3.05, 3.63) is 95.1 Å². The van der Waals surface area contributed by atoms with Crippen LogP contribution in [0.1, 0.15) is 29.7 Å². The van der Waals surface area contributed by atoms with Gasteiger partial charge in [0.05, 0.1) is 6.42 Å². The summed E-state index contributed by atoms with van der Waals surface area (Å²) in [4.78, 5) is 37.5. The maximum atomic E-state index is 13.3. The molecule has 1 unspecified atom stereocenters. The highest BCUT2D eigenvalue weighted by molar-refractivity contribution is 5.93. The third kappa shape index (κ3) is 5.28. The topological polar surface area (TPSA) is 87.3 Å². The normalized spacial score (nSPS) is 15.6. The Morgan fingerprint density at radius 1 is 1.00 bits per heavy atom. The van der Waals surface area contributed by atoms with Crippen LogP contribution in [0.3, 0.4) is 0 Å². The number of fused-ring (bicyclic) bond motifs is 1. The zero-order valence-corrected chi connectivity index (χ0v) is 18.4. The van der Waals surface area contributed by atoms with E-state index in [1.54, 1.807) is 0 Å². The Balaban J connectivity index is 1.43. The molecule has 174 valence electrons. The average Bonchev–Trinajstić information content (AvgIpc) is 2.80. The number of halogens is 2. The van der Waals surface area contributed by atoms with E-state index < -0.39 is 35.5 Å². The van der Waals surface area contributed by atoms with E-state index in [-0.39, 0.29) is 17.9 Å². The molecule has 3 aromatic carbocycles. The molecule has 0 aliphatic carbocycles. The van der Waals surface area contributed by atoms with Crippen LogP contribution in [0.4, 0.5) is 8.78 Å². The van der Waals surface area contributed by atoms with Gasteiger partial charge < -0.3 is 16.0 Å². The second kappa shape index (κ2) is 9.82. The number of carbonyl (C=O) groups excluding carboxylic acids is 3. The van der Waals surface area contributed by atoms with E-state index in [1.807, 2.05) is 48.5 Å². The Kier molecular flexibility index (Phi) is 6.67. The second-order valence-electron chi connectivity index (χ2n) is 8.18. The summed E-state index contributed by atoms with van der Waals surface area (Å²) in [7, 11) is 0. The van der Waals surface area contributed by atoms with Crippen LogP contribution in [-0.4, -0.2) is 23.8 Å². The Labute approximate surface area is 195 Å². The molecule has 4 rings (SSSR count). The van der Waals surface area contributed by atoms with Gasteiger partial charge in [-0.05, 0) is 52.9 Å². The standard InChI is InChI=1S/C26H23F2N3O3/c1-15(30-23(32)11-16-9-20(27)13-21(28)10-16)25(33)31-24-22-8-7-18(17-5-3-2-4-6-17)12-19(22)14-29-26(24)34/h2-10,12-13,15,24H,11,14H2,1H3,(H,29,34)(H,30,32)(H,31,33)/t15-,24?/m0/s1. The number of carbonyl (C=O) groups is 3. The maximum absolute atomic E-state index is 13.3. The molecule has 2 atom stereocenters. The first-order valence-corrected chi connectivity index (χ1v) is 10.8.